The third-order valence-corrected chi connectivity index (χ3v) is 8.81. The molecule has 1 saturated heterocycles. The third-order valence-electron chi connectivity index (χ3n) is 6.16. The number of aliphatic hydroxyl groups is 1. The van der Waals surface area contributed by atoms with Crippen LogP contribution in [-0.2, 0) is 15.3 Å². The van der Waals surface area contributed by atoms with Crippen LogP contribution in [-0.4, -0.2) is 27.0 Å². The van der Waals surface area contributed by atoms with Crippen LogP contribution < -0.4 is 4.90 Å². The number of aliphatic hydroxyl groups excluding tert-OH is 1. The zero-order chi connectivity index (χ0) is 27.0. The molecule has 1 aliphatic rings. The van der Waals surface area contributed by atoms with Crippen LogP contribution in [0.2, 0.25) is 0 Å². The molecule has 1 fully saturated rings. The minimum atomic E-state index is -0.883. The van der Waals surface area contributed by atoms with Crippen molar-refractivity contribution in [2.45, 2.75) is 30.0 Å². The van der Waals surface area contributed by atoms with E-state index in [4.69, 9.17) is 0 Å². The Morgan fingerprint density at radius 2 is 1.76 bits per heavy atom. The van der Waals surface area contributed by atoms with E-state index in [0.717, 1.165) is 21.2 Å². The van der Waals surface area contributed by atoms with Crippen molar-refractivity contribution >= 4 is 61.6 Å². The molecule has 192 valence electrons. The van der Waals surface area contributed by atoms with Crippen molar-refractivity contribution in [3.05, 3.63) is 110 Å². The van der Waals surface area contributed by atoms with Crippen molar-refractivity contribution in [1.29, 1.82) is 0 Å². The number of Topliss-reactive ketones (excluding diaryl/α,β-unsaturated/α-hetero) is 1. The first-order valence-electron chi connectivity index (χ1n) is 11.6. The summed E-state index contributed by atoms with van der Waals surface area (Å²) < 4.78 is 14.6. The highest BCUT2D eigenvalue weighted by Crippen LogP contribution is 2.44. The number of carbonyl (C=O) groups excluding carboxylic acids is 2. The van der Waals surface area contributed by atoms with Gasteiger partial charge in [-0.15, -0.1) is 10.2 Å². The lowest BCUT2D eigenvalue weighted by atomic mass is 9.93. The standard InChI is InChI=1S/C28H21BrFN3O3S2/c1-15-3-4-16(2)21(13-15)24(34)22-23(18-7-9-19(29)10-8-18)33(26(36)25(22)35)27-31-32-28(38-27)37-14-17-5-11-20(30)12-6-17/h3-13,23,34H,14H2,1-2H3. The Morgan fingerprint density at radius 1 is 1.05 bits per heavy atom. The van der Waals surface area contributed by atoms with Crippen molar-refractivity contribution in [3.8, 4) is 0 Å². The maximum absolute atomic E-state index is 13.4. The number of thioether (sulfide) groups is 1. The van der Waals surface area contributed by atoms with Gasteiger partial charge in [-0.05, 0) is 60.9 Å². The molecule has 5 rings (SSSR count). The van der Waals surface area contributed by atoms with Crippen LogP contribution in [0.3, 0.4) is 0 Å². The molecule has 1 aliphatic heterocycles. The number of ketones is 1. The van der Waals surface area contributed by atoms with Gasteiger partial charge in [-0.3, -0.25) is 14.5 Å². The van der Waals surface area contributed by atoms with E-state index in [-0.39, 0.29) is 22.3 Å². The van der Waals surface area contributed by atoms with Crippen LogP contribution in [0.15, 0.2) is 81.1 Å². The Labute approximate surface area is 235 Å². The molecule has 1 unspecified atom stereocenters. The molecule has 0 bridgehead atoms. The first kappa shape index (κ1) is 26.3. The Bertz CT molecular complexity index is 1570. The SMILES string of the molecule is Cc1ccc(C)c(C(O)=C2C(=O)C(=O)N(c3nnc(SCc4ccc(F)cc4)s3)C2c2ccc(Br)cc2)c1. The van der Waals surface area contributed by atoms with Gasteiger partial charge in [-0.1, -0.05) is 81.0 Å². The molecule has 1 N–H and O–H groups in total. The summed E-state index contributed by atoms with van der Waals surface area (Å²) in [5.74, 6) is -1.56. The zero-order valence-electron chi connectivity index (χ0n) is 20.3. The molecular weight excluding hydrogens is 589 g/mol. The van der Waals surface area contributed by atoms with Gasteiger partial charge >= 0.3 is 5.91 Å². The summed E-state index contributed by atoms with van der Waals surface area (Å²) >= 11 is 6.01. The Hall–Kier alpha value is -3.34. The second kappa shape index (κ2) is 10.8. The number of aryl methyl sites for hydroxylation is 2. The number of nitrogens with zero attached hydrogens (tertiary/aromatic N) is 3. The topological polar surface area (TPSA) is 83.4 Å². The van der Waals surface area contributed by atoms with E-state index in [1.165, 1.54) is 40.1 Å². The van der Waals surface area contributed by atoms with E-state index in [1.807, 2.05) is 38.1 Å². The van der Waals surface area contributed by atoms with Gasteiger partial charge in [-0.2, -0.15) is 0 Å². The number of carbonyl (C=O) groups is 2. The van der Waals surface area contributed by atoms with Crippen molar-refractivity contribution in [1.82, 2.24) is 10.2 Å². The molecule has 0 saturated carbocycles. The van der Waals surface area contributed by atoms with Crippen molar-refractivity contribution in [2.75, 3.05) is 4.90 Å². The summed E-state index contributed by atoms with van der Waals surface area (Å²) in [7, 11) is 0. The molecule has 4 aromatic rings. The number of hydrogen-bond acceptors (Lipinski definition) is 7. The maximum atomic E-state index is 13.4. The van der Waals surface area contributed by atoms with Crippen LogP contribution >= 0.6 is 39.0 Å². The van der Waals surface area contributed by atoms with Crippen LogP contribution in [0.1, 0.15) is 33.9 Å². The lowest BCUT2D eigenvalue weighted by Gasteiger charge is -2.22. The van der Waals surface area contributed by atoms with Gasteiger partial charge in [0, 0.05) is 15.8 Å². The summed E-state index contributed by atoms with van der Waals surface area (Å²) in [6.45, 7) is 3.74. The van der Waals surface area contributed by atoms with Gasteiger partial charge in [0.25, 0.3) is 5.78 Å². The first-order chi connectivity index (χ1) is 18.2. The van der Waals surface area contributed by atoms with Gasteiger partial charge in [0.1, 0.15) is 11.6 Å². The quantitative estimate of drug-likeness (QED) is 0.0835. The lowest BCUT2D eigenvalue weighted by molar-refractivity contribution is -0.132. The highest BCUT2D eigenvalue weighted by molar-refractivity contribution is 9.10. The molecule has 10 heteroatoms. The van der Waals surface area contributed by atoms with Gasteiger partial charge in [0.05, 0.1) is 11.6 Å². The smallest absolute Gasteiger partial charge is 0.301 e. The molecule has 0 radical (unpaired) electrons. The third kappa shape index (κ3) is 5.16. The number of rotatable bonds is 6. The monoisotopic (exact) mass is 609 g/mol. The largest absolute Gasteiger partial charge is 0.507 e. The molecule has 0 aliphatic carbocycles. The minimum absolute atomic E-state index is 0.00161. The van der Waals surface area contributed by atoms with Crippen molar-refractivity contribution in [2.24, 2.45) is 0 Å². The fourth-order valence-electron chi connectivity index (χ4n) is 4.21. The fourth-order valence-corrected chi connectivity index (χ4v) is 6.30. The predicted molar refractivity (Wildman–Crippen MR) is 151 cm³/mol. The number of anilines is 1. The fraction of sp³-hybridized carbons (Fsp3) is 0.143. The van der Waals surface area contributed by atoms with E-state index < -0.39 is 17.7 Å². The second-order valence-electron chi connectivity index (χ2n) is 8.80. The highest BCUT2D eigenvalue weighted by atomic mass is 79.9. The average Bonchev–Trinajstić information content (AvgIpc) is 3.47. The normalized spacial score (nSPS) is 16.8. The van der Waals surface area contributed by atoms with E-state index >= 15 is 0 Å². The van der Waals surface area contributed by atoms with Crippen molar-refractivity contribution in [3.63, 3.8) is 0 Å². The number of benzene rings is 3. The minimum Gasteiger partial charge on any atom is -0.507 e. The number of aromatic nitrogens is 2. The molecule has 6 nitrogen and oxygen atoms in total. The Balaban J connectivity index is 1.55. The van der Waals surface area contributed by atoms with E-state index in [2.05, 4.69) is 26.1 Å². The Morgan fingerprint density at radius 3 is 2.47 bits per heavy atom. The number of halogens is 2. The molecular formula is C28H21BrFN3O3S2. The van der Waals surface area contributed by atoms with Crippen LogP contribution in [0, 0.1) is 19.7 Å². The molecule has 3 aromatic carbocycles. The van der Waals surface area contributed by atoms with Crippen LogP contribution in [0.4, 0.5) is 9.52 Å². The van der Waals surface area contributed by atoms with Gasteiger partial charge < -0.3 is 5.11 Å². The molecule has 1 amide bonds. The summed E-state index contributed by atoms with van der Waals surface area (Å²) in [4.78, 5) is 28.1. The van der Waals surface area contributed by atoms with E-state index in [0.29, 0.717) is 21.2 Å². The van der Waals surface area contributed by atoms with Gasteiger partial charge in [0.2, 0.25) is 5.13 Å². The number of hydrogen-bond donors (Lipinski definition) is 1. The summed E-state index contributed by atoms with van der Waals surface area (Å²) in [6.07, 6.45) is 0. The molecule has 1 atom stereocenters. The van der Waals surface area contributed by atoms with Crippen LogP contribution in [0.25, 0.3) is 5.76 Å². The molecule has 38 heavy (non-hydrogen) atoms. The molecule has 0 spiro atoms. The second-order valence-corrected chi connectivity index (χ2v) is 11.9. The number of amides is 1. The first-order valence-corrected chi connectivity index (χ1v) is 14.2. The van der Waals surface area contributed by atoms with E-state index in [1.54, 1.807) is 30.3 Å². The lowest BCUT2D eigenvalue weighted by Crippen LogP contribution is -2.29. The molecule has 1 aromatic heterocycles. The summed E-state index contributed by atoms with van der Waals surface area (Å²) in [5.41, 5.74) is 3.76. The van der Waals surface area contributed by atoms with Gasteiger partial charge in [-0.25, -0.2) is 4.39 Å². The van der Waals surface area contributed by atoms with Crippen molar-refractivity contribution < 1.29 is 19.1 Å². The van der Waals surface area contributed by atoms with Gasteiger partial charge in [0.15, 0.2) is 4.34 Å². The summed E-state index contributed by atoms with van der Waals surface area (Å²) in [6, 6.07) is 18.1. The Kier molecular flexibility index (Phi) is 7.47. The van der Waals surface area contributed by atoms with E-state index in [9.17, 15) is 19.1 Å². The average molecular weight is 611 g/mol. The highest BCUT2D eigenvalue weighted by Gasteiger charge is 2.48. The zero-order valence-corrected chi connectivity index (χ0v) is 23.5. The predicted octanol–water partition coefficient (Wildman–Crippen LogP) is 6.98. The maximum Gasteiger partial charge on any atom is 0.301 e. The van der Waals surface area contributed by atoms with Crippen LogP contribution in [0.5, 0.6) is 0 Å². The molecule has 2 heterocycles. The summed E-state index contributed by atoms with van der Waals surface area (Å²) in [5, 5.41) is 20.1.